The highest BCUT2D eigenvalue weighted by Crippen LogP contribution is 2.40. The van der Waals surface area contributed by atoms with Gasteiger partial charge in [0.15, 0.2) is 14.4 Å². The van der Waals surface area contributed by atoms with Gasteiger partial charge in [-0.05, 0) is 42.5 Å². The Morgan fingerprint density at radius 3 is 1.96 bits per heavy atom. The molecule has 0 saturated carbocycles. The zero-order valence-corrected chi connectivity index (χ0v) is 32.1. The predicted octanol–water partition coefficient (Wildman–Crippen LogP) is 4.92. The molecule has 13 heteroatoms. The molecule has 2 rings (SSSR count). The average Bonchev–Trinajstić information content (AvgIpc) is 3.35. The monoisotopic (exact) mass is 693 g/mol. The lowest BCUT2D eigenvalue weighted by molar-refractivity contribution is -0.183. The standard InChI is InChI=1S/C35H59N3O9Si/c1-13-48(14-2,15-3)47-27-21-38(30(33(41)44-12)35(27,8)46-23-43-11)32(40)29(25(6)7)36(9)31(39)28(24(4)5)37(10)34(42)45-22-26-19-17-16-18-20-26/h16-20,24-25,27-30H,13-15,21-23H2,1-12H3/t27-,28+,29+,30-,35-/m1/s1. The number of methoxy groups -OCH3 is 2. The molecule has 1 saturated heterocycles. The third kappa shape index (κ3) is 9.16. The highest BCUT2D eigenvalue weighted by Gasteiger charge is 2.61. The fourth-order valence-electron chi connectivity index (χ4n) is 6.70. The van der Waals surface area contributed by atoms with Crippen LogP contribution in [-0.4, -0.2) is 118 Å². The molecule has 0 aliphatic carbocycles. The third-order valence-corrected chi connectivity index (χ3v) is 14.5. The van der Waals surface area contributed by atoms with Crippen molar-refractivity contribution < 1.29 is 42.6 Å². The number of benzene rings is 1. The van der Waals surface area contributed by atoms with E-state index in [2.05, 4.69) is 20.8 Å². The Morgan fingerprint density at radius 1 is 0.917 bits per heavy atom. The van der Waals surface area contributed by atoms with Gasteiger partial charge in [0.05, 0.1) is 13.2 Å². The first-order valence-corrected chi connectivity index (χ1v) is 19.5. The molecule has 3 amide bonds. The van der Waals surface area contributed by atoms with Crippen LogP contribution in [0.25, 0.3) is 0 Å². The maximum atomic E-state index is 14.7. The second-order valence-corrected chi connectivity index (χ2v) is 18.2. The van der Waals surface area contributed by atoms with Crippen LogP contribution >= 0.6 is 0 Å². The van der Waals surface area contributed by atoms with Gasteiger partial charge in [-0.25, -0.2) is 9.59 Å². The van der Waals surface area contributed by atoms with Gasteiger partial charge in [-0.3, -0.25) is 14.5 Å². The fourth-order valence-corrected chi connectivity index (χ4v) is 9.61. The molecule has 1 fully saturated rings. The van der Waals surface area contributed by atoms with Gasteiger partial charge in [-0.1, -0.05) is 78.8 Å². The first-order chi connectivity index (χ1) is 22.6. The minimum absolute atomic E-state index is 0.0568. The number of hydrogen-bond donors (Lipinski definition) is 0. The number of nitrogens with zero attached hydrogens (tertiary/aromatic N) is 3. The Morgan fingerprint density at radius 2 is 1.48 bits per heavy atom. The molecule has 0 bridgehead atoms. The third-order valence-electron chi connectivity index (χ3n) is 9.82. The van der Waals surface area contributed by atoms with E-state index >= 15 is 0 Å². The van der Waals surface area contributed by atoms with Crippen LogP contribution < -0.4 is 0 Å². The van der Waals surface area contributed by atoms with Crippen molar-refractivity contribution in [3.8, 4) is 0 Å². The van der Waals surface area contributed by atoms with Crippen molar-refractivity contribution in [2.24, 2.45) is 11.8 Å². The number of carbonyl (C=O) groups excluding carboxylic acids is 4. The normalized spacial score (nSPS) is 20.8. The zero-order valence-electron chi connectivity index (χ0n) is 31.1. The zero-order chi connectivity index (χ0) is 36.4. The second kappa shape index (κ2) is 18.1. The molecule has 12 nitrogen and oxygen atoms in total. The smallest absolute Gasteiger partial charge is 0.410 e. The molecule has 5 atom stereocenters. The van der Waals surface area contributed by atoms with E-state index in [9.17, 15) is 19.2 Å². The molecular weight excluding hydrogens is 634 g/mol. The molecule has 0 N–H and O–H groups in total. The van der Waals surface area contributed by atoms with Crippen molar-refractivity contribution in [3.63, 3.8) is 0 Å². The largest absolute Gasteiger partial charge is 0.467 e. The summed E-state index contributed by atoms with van der Waals surface area (Å²) in [6.45, 7) is 15.4. The van der Waals surface area contributed by atoms with Crippen LogP contribution in [0.4, 0.5) is 4.79 Å². The molecule has 1 aromatic carbocycles. The summed E-state index contributed by atoms with van der Waals surface area (Å²) in [5, 5.41) is 0. The molecular formula is C35H59N3O9Si. The van der Waals surface area contributed by atoms with E-state index in [-0.39, 0.29) is 31.8 Å². The molecule has 48 heavy (non-hydrogen) atoms. The molecule has 0 aromatic heterocycles. The summed E-state index contributed by atoms with van der Waals surface area (Å²) in [4.78, 5) is 59.7. The van der Waals surface area contributed by atoms with Crippen LogP contribution in [0.3, 0.4) is 0 Å². The van der Waals surface area contributed by atoms with Crippen LogP contribution in [-0.2, 0) is 44.4 Å². The maximum absolute atomic E-state index is 14.7. The van der Waals surface area contributed by atoms with Crippen LogP contribution in [0.1, 0.15) is 61.0 Å². The van der Waals surface area contributed by atoms with Crippen molar-refractivity contribution in [3.05, 3.63) is 35.9 Å². The van der Waals surface area contributed by atoms with Gasteiger partial charge in [0, 0.05) is 27.7 Å². The second-order valence-electron chi connectivity index (χ2n) is 13.5. The van der Waals surface area contributed by atoms with Crippen LogP contribution in [0.2, 0.25) is 18.1 Å². The Balaban J connectivity index is 2.48. The van der Waals surface area contributed by atoms with E-state index < -0.39 is 62.0 Å². The number of hydrogen-bond acceptors (Lipinski definition) is 9. The summed E-state index contributed by atoms with van der Waals surface area (Å²) in [5.74, 6) is -2.17. The number of carbonyl (C=O) groups is 4. The Kier molecular flexibility index (Phi) is 15.5. The van der Waals surface area contributed by atoms with Crippen molar-refractivity contribution in [1.29, 1.82) is 0 Å². The van der Waals surface area contributed by atoms with Crippen LogP contribution in [0.15, 0.2) is 30.3 Å². The van der Waals surface area contributed by atoms with E-state index in [0.717, 1.165) is 23.7 Å². The van der Waals surface area contributed by atoms with Crippen molar-refractivity contribution in [1.82, 2.24) is 14.7 Å². The van der Waals surface area contributed by atoms with Gasteiger partial charge in [0.25, 0.3) is 0 Å². The van der Waals surface area contributed by atoms with Gasteiger partial charge in [0.1, 0.15) is 31.1 Å². The van der Waals surface area contributed by atoms with Crippen LogP contribution in [0.5, 0.6) is 0 Å². The molecule has 1 aliphatic heterocycles. The van der Waals surface area contributed by atoms with Gasteiger partial charge >= 0.3 is 12.1 Å². The van der Waals surface area contributed by atoms with Crippen molar-refractivity contribution in [2.45, 2.75) is 110 Å². The minimum atomic E-state index is -2.24. The topological polar surface area (TPSA) is 124 Å². The number of likely N-dealkylation sites (tertiary alicyclic amines) is 1. The summed E-state index contributed by atoms with van der Waals surface area (Å²) in [7, 11) is 3.60. The van der Waals surface area contributed by atoms with Crippen molar-refractivity contribution in [2.75, 3.05) is 41.7 Å². The van der Waals surface area contributed by atoms with E-state index in [1.807, 2.05) is 58.0 Å². The maximum Gasteiger partial charge on any atom is 0.410 e. The first-order valence-electron chi connectivity index (χ1n) is 17.0. The lowest BCUT2D eigenvalue weighted by Crippen LogP contribution is -2.61. The van der Waals surface area contributed by atoms with Gasteiger partial charge in [-0.15, -0.1) is 0 Å². The van der Waals surface area contributed by atoms with Gasteiger partial charge in [0.2, 0.25) is 11.8 Å². The number of amides is 3. The Labute approximate surface area is 288 Å². The summed E-state index contributed by atoms with van der Waals surface area (Å²) >= 11 is 0. The molecule has 1 heterocycles. The Hall–Kier alpha value is -3.00. The molecule has 0 spiro atoms. The summed E-state index contributed by atoms with van der Waals surface area (Å²) in [5.41, 5.74) is -0.468. The number of likely N-dealkylation sites (N-methyl/N-ethyl adjacent to an activating group) is 2. The van der Waals surface area contributed by atoms with E-state index in [1.54, 1.807) is 14.0 Å². The number of ether oxygens (including phenoxy) is 4. The molecule has 1 aliphatic rings. The molecule has 272 valence electrons. The number of esters is 1. The van der Waals surface area contributed by atoms with E-state index in [0.29, 0.717) is 0 Å². The lowest BCUT2D eigenvalue weighted by atomic mass is 9.93. The highest BCUT2D eigenvalue weighted by molar-refractivity contribution is 6.73. The quantitative estimate of drug-likeness (QED) is 0.127. The predicted molar refractivity (Wildman–Crippen MR) is 185 cm³/mol. The average molecular weight is 694 g/mol. The van der Waals surface area contributed by atoms with E-state index in [1.165, 1.54) is 36.0 Å². The minimum Gasteiger partial charge on any atom is -0.467 e. The highest BCUT2D eigenvalue weighted by atomic mass is 28.4. The molecule has 1 aromatic rings. The summed E-state index contributed by atoms with van der Waals surface area (Å²) in [6.07, 6.45) is -1.30. The van der Waals surface area contributed by atoms with Crippen molar-refractivity contribution >= 4 is 32.2 Å². The molecule has 0 unspecified atom stereocenters. The Bertz CT molecular complexity index is 1200. The van der Waals surface area contributed by atoms with Gasteiger partial charge < -0.3 is 33.2 Å². The SMILES string of the molecule is CC[Si](CC)(CC)O[C@@H]1CN(C(=O)[C@H](C(C)C)N(C)C(=O)[C@H](C(C)C)N(C)C(=O)OCc2ccccc2)[C@H](C(=O)OC)[C@]1(C)OCOC. The summed E-state index contributed by atoms with van der Waals surface area (Å²) in [6, 6.07) is 8.80. The molecule has 0 radical (unpaired) electrons. The fraction of sp³-hybridized carbons (Fsp3) is 0.714. The van der Waals surface area contributed by atoms with Crippen LogP contribution in [0, 0.1) is 11.8 Å². The lowest BCUT2D eigenvalue weighted by Gasteiger charge is -2.40. The van der Waals surface area contributed by atoms with E-state index in [4.69, 9.17) is 23.4 Å². The summed E-state index contributed by atoms with van der Waals surface area (Å²) < 4.78 is 29.2. The van der Waals surface area contributed by atoms with Gasteiger partial charge in [-0.2, -0.15) is 0 Å². The first kappa shape index (κ1) is 41.2. The number of rotatable bonds is 17.